The number of rotatable bonds is 21. The fraction of sp³-hybridized carbons (Fsp3) is 0.571. The third-order valence-corrected chi connectivity index (χ3v) is 22.3. The van der Waals surface area contributed by atoms with Crippen molar-refractivity contribution in [3.63, 3.8) is 0 Å². The molecule has 3 aliphatic carbocycles. The lowest BCUT2D eigenvalue weighted by atomic mass is 9.85. The first-order valence-electron chi connectivity index (χ1n) is 31.7. The van der Waals surface area contributed by atoms with Crippen LogP contribution in [0.25, 0.3) is 0 Å². The van der Waals surface area contributed by atoms with E-state index in [1.807, 2.05) is 70.2 Å². The number of sulfonamides is 4. The molecule has 18 nitrogen and oxygen atoms in total. The van der Waals surface area contributed by atoms with Gasteiger partial charge in [-0.05, 0) is 178 Å². The van der Waals surface area contributed by atoms with Gasteiger partial charge in [-0.3, -0.25) is 22.0 Å². The number of nitrogens with one attached hydrogen (secondary N) is 2. The number of hydrogen-bond donors (Lipinski definition) is 2. The molecule has 5 aromatic rings. The van der Waals surface area contributed by atoms with E-state index in [2.05, 4.69) is 91.8 Å². The van der Waals surface area contributed by atoms with Crippen molar-refractivity contribution < 1.29 is 52.3 Å². The SMILES string of the molecule is CC(C)c1cc(OCC2CC2C)cc(N(C)S(C)(=O)=O)c1.CC1CC1CNc1cc(C(C)(C)C)cc(N(C)S(C)(=O)=O)n1.CC1CC1COc1cc(N(C)S(C)(=O)=O)cc(C(C)(C)C)c1.C[C@@H](NC(=O)c1cc(N(C)S(C)(=O)=O)cc(C(C)(C)C)c1)c1ccc(F)cc1. The minimum atomic E-state index is -3.46. The van der Waals surface area contributed by atoms with E-state index in [1.54, 1.807) is 50.5 Å². The van der Waals surface area contributed by atoms with E-state index in [-0.39, 0.29) is 34.0 Å². The number of carbonyl (C=O) groups is 1. The standard InChI is InChI=1S/C21H27FN2O3S.C17H27NO3S.C16H27N3O2S.C16H25NO3S/c1-14(15-7-9-18(22)10-8-15)23-20(25)16-11-17(21(2,3)4)13-19(12-16)24(5)28(6,26)27;1-12-7-13(12)11-21-16-9-14(17(2,3)4)8-15(10-16)18(5)22(6,19)20;1-11-7-12(11)10-17-14-8-13(16(2,3)4)9-15(18-14)19(5)22(6,20)21;1-11(2)13-7-15(17(4)21(5,18)19)9-16(8-13)20-10-14-6-12(14)3/h7-14H,1-6H3,(H,23,25);8-10,12-13H,7,11H2,1-6H3;8-9,11-12H,7,10H2,1-6H3,(H,17,18);7-9,11-12,14H,6,10H2,1-5H3/t14-;;;/m1.../s1. The number of anilines is 5. The minimum Gasteiger partial charge on any atom is -0.493 e. The zero-order valence-corrected chi connectivity index (χ0v) is 62.5. The van der Waals surface area contributed by atoms with Crippen molar-refractivity contribution in [3.8, 4) is 11.5 Å². The predicted molar refractivity (Wildman–Crippen MR) is 380 cm³/mol. The molecule has 1 amide bonds. The van der Waals surface area contributed by atoms with Crippen LogP contribution >= 0.6 is 0 Å². The quantitative estimate of drug-likeness (QED) is 0.0699. The van der Waals surface area contributed by atoms with Crippen LogP contribution in [0.4, 0.5) is 33.1 Å². The summed E-state index contributed by atoms with van der Waals surface area (Å²) in [6.45, 7) is 33.6. The second-order valence-corrected chi connectivity index (χ2v) is 37.4. The number of pyridine rings is 1. The maximum atomic E-state index is 13.1. The molecule has 7 atom stereocenters. The van der Waals surface area contributed by atoms with Gasteiger partial charge in [-0.25, -0.2) is 43.0 Å². The summed E-state index contributed by atoms with van der Waals surface area (Å²) in [4.78, 5) is 17.3. The van der Waals surface area contributed by atoms with Crippen molar-refractivity contribution in [2.75, 3.05) is 95.5 Å². The Morgan fingerprint density at radius 3 is 1.31 bits per heavy atom. The highest BCUT2D eigenvalue weighted by molar-refractivity contribution is 7.92. The molecule has 2 N–H and O–H groups in total. The van der Waals surface area contributed by atoms with E-state index in [0.717, 1.165) is 80.0 Å². The fourth-order valence-electron chi connectivity index (χ4n) is 9.49. The second-order valence-electron chi connectivity index (χ2n) is 29.3. The third-order valence-electron chi connectivity index (χ3n) is 17.5. The van der Waals surface area contributed by atoms with Gasteiger partial charge in [0.05, 0.1) is 61.3 Å². The fourth-order valence-corrected chi connectivity index (χ4v) is 11.4. The lowest BCUT2D eigenvalue weighted by molar-refractivity contribution is 0.0939. The molecule has 4 aromatic carbocycles. The average molecular weight is 1370 g/mol. The van der Waals surface area contributed by atoms with Crippen molar-refractivity contribution in [2.45, 2.75) is 151 Å². The zero-order chi connectivity index (χ0) is 70.5. The Kier molecular flexibility index (Phi) is 25.2. The summed E-state index contributed by atoms with van der Waals surface area (Å²) in [6.07, 6.45) is 8.42. The number of nitrogens with zero attached hydrogens (tertiary/aromatic N) is 5. The Bertz CT molecular complexity index is 3750. The number of carbonyl (C=O) groups excluding carboxylic acids is 1. The Morgan fingerprint density at radius 2 is 0.914 bits per heavy atom. The molecule has 0 bridgehead atoms. The van der Waals surface area contributed by atoms with Gasteiger partial charge in [-0.2, -0.15) is 0 Å². The molecule has 1 heterocycles. The highest BCUT2D eigenvalue weighted by Gasteiger charge is 2.35. The average Bonchev–Trinajstić information content (AvgIpc) is 1.83. The normalized spacial score (nSPS) is 19.0. The number of amides is 1. The van der Waals surface area contributed by atoms with Crippen LogP contribution in [-0.2, 0) is 56.3 Å². The molecule has 3 aliphatic rings. The number of ether oxygens (including phenoxy) is 2. The molecule has 23 heteroatoms. The molecule has 0 spiro atoms. The monoisotopic (exact) mass is 1370 g/mol. The number of aromatic nitrogens is 1. The summed E-state index contributed by atoms with van der Waals surface area (Å²) in [5, 5.41) is 6.25. The second kappa shape index (κ2) is 30.3. The van der Waals surface area contributed by atoms with Crippen LogP contribution in [-0.4, -0.2) is 118 Å². The number of benzene rings is 4. The highest BCUT2D eigenvalue weighted by Crippen LogP contribution is 2.41. The maximum absolute atomic E-state index is 13.1. The molecule has 93 heavy (non-hydrogen) atoms. The molecule has 8 rings (SSSR count). The molecule has 3 saturated carbocycles. The van der Waals surface area contributed by atoms with Crippen LogP contribution in [0, 0.1) is 41.3 Å². The van der Waals surface area contributed by atoms with Gasteiger partial charge in [-0.15, -0.1) is 0 Å². The Hall–Kier alpha value is -6.17. The Balaban J connectivity index is 0.000000226. The van der Waals surface area contributed by atoms with E-state index in [4.69, 9.17) is 9.47 Å². The van der Waals surface area contributed by atoms with E-state index in [9.17, 15) is 42.9 Å². The topological polar surface area (TPSA) is 222 Å². The van der Waals surface area contributed by atoms with Gasteiger partial charge in [-0.1, -0.05) is 109 Å². The molecule has 518 valence electrons. The highest BCUT2D eigenvalue weighted by atomic mass is 32.2. The summed E-state index contributed by atoms with van der Waals surface area (Å²) in [6, 6.07) is 26.1. The first-order chi connectivity index (χ1) is 42.4. The molecule has 0 aliphatic heterocycles. The zero-order valence-electron chi connectivity index (χ0n) is 59.3. The smallest absolute Gasteiger partial charge is 0.251 e. The van der Waals surface area contributed by atoms with Crippen LogP contribution in [0.1, 0.15) is 173 Å². The lowest BCUT2D eigenvalue weighted by Gasteiger charge is -2.24. The third kappa shape index (κ3) is 23.9. The Labute approximate surface area is 558 Å². The van der Waals surface area contributed by atoms with Crippen LogP contribution < -0.4 is 37.3 Å². The van der Waals surface area contributed by atoms with E-state index < -0.39 is 40.1 Å². The summed E-state index contributed by atoms with van der Waals surface area (Å²) in [7, 11) is -7.19. The van der Waals surface area contributed by atoms with Gasteiger partial charge in [0.15, 0.2) is 0 Å². The van der Waals surface area contributed by atoms with Gasteiger partial charge >= 0.3 is 0 Å². The summed E-state index contributed by atoms with van der Waals surface area (Å²) >= 11 is 0. The van der Waals surface area contributed by atoms with Crippen LogP contribution in [0.3, 0.4) is 0 Å². The lowest BCUT2D eigenvalue weighted by Crippen LogP contribution is -2.29. The number of halogens is 1. The minimum absolute atomic E-state index is 0.0701. The van der Waals surface area contributed by atoms with Crippen molar-refractivity contribution in [3.05, 3.63) is 130 Å². The summed E-state index contributed by atoms with van der Waals surface area (Å²) < 4.78 is 124. The van der Waals surface area contributed by atoms with Crippen LogP contribution in [0.15, 0.2) is 91.0 Å². The molecule has 3 fully saturated rings. The first-order valence-corrected chi connectivity index (χ1v) is 39.1. The van der Waals surface area contributed by atoms with Gasteiger partial charge in [0, 0.05) is 52.4 Å². The van der Waals surface area contributed by atoms with E-state index >= 15 is 0 Å². The van der Waals surface area contributed by atoms with E-state index in [0.29, 0.717) is 65.3 Å². The molecule has 1 aromatic heterocycles. The van der Waals surface area contributed by atoms with E-state index in [1.165, 1.54) is 77.2 Å². The summed E-state index contributed by atoms with van der Waals surface area (Å²) in [5.74, 6) is 6.60. The maximum Gasteiger partial charge on any atom is 0.251 e. The van der Waals surface area contributed by atoms with Crippen molar-refractivity contribution in [2.24, 2.45) is 35.5 Å². The number of hydrogen-bond acceptors (Lipinski definition) is 13. The van der Waals surface area contributed by atoms with Crippen LogP contribution in [0.5, 0.6) is 11.5 Å². The predicted octanol–water partition coefficient (Wildman–Crippen LogP) is 13.5. The van der Waals surface area contributed by atoms with Crippen molar-refractivity contribution in [1.29, 1.82) is 0 Å². The van der Waals surface area contributed by atoms with Crippen molar-refractivity contribution >= 4 is 74.7 Å². The first kappa shape index (κ1) is 77.5. The summed E-state index contributed by atoms with van der Waals surface area (Å²) in [5.41, 5.74) is 6.53. The van der Waals surface area contributed by atoms with Gasteiger partial charge < -0.3 is 20.1 Å². The van der Waals surface area contributed by atoms with Gasteiger partial charge in [0.1, 0.15) is 29.0 Å². The van der Waals surface area contributed by atoms with Gasteiger partial charge in [0.2, 0.25) is 40.1 Å². The molecular formula is C70H106FN7O11S4. The van der Waals surface area contributed by atoms with Crippen molar-refractivity contribution in [1.82, 2.24) is 10.3 Å². The van der Waals surface area contributed by atoms with Crippen LogP contribution in [0.2, 0.25) is 0 Å². The van der Waals surface area contributed by atoms with Gasteiger partial charge in [0.25, 0.3) is 5.91 Å². The molecule has 0 saturated heterocycles. The largest absolute Gasteiger partial charge is 0.493 e. The molecule has 0 radical (unpaired) electrons. The molecular weight excluding hydrogens is 1260 g/mol. The molecule has 6 unspecified atom stereocenters. The Morgan fingerprint density at radius 1 is 0.527 bits per heavy atom.